The lowest BCUT2D eigenvalue weighted by Crippen LogP contribution is -2.33. The number of ether oxygens (including phenoxy) is 1. The molecule has 1 rings (SSSR count). The number of hydrogen-bond acceptors (Lipinski definition) is 4. The van der Waals surface area contributed by atoms with Crippen molar-refractivity contribution in [1.82, 2.24) is 0 Å². The van der Waals surface area contributed by atoms with Gasteiger partial charge >= 0.3 is 0 Å². The molecule has 0 atom stereocenters. The third-order valence-corrected chi connectivity index (χ3v) is 4.76. The molecule has 3 N–H and O–H groups in total. The minimum atomic E-state index is -3.43. The van der Waals surface area contributed by atoms with E-state index in [0.29, 0.717) is 24.6 Å². The summed E-state index contributed by atoms with van der Waals surface area (Å²) in [5, 5.41) is 0. The van der Waals surface area contributed by atoms with E-state index in [0.717, 1.165) is 5.56 Å². The van der Waals surface area contributed by atoms with Gasteiger partial charge in [-0.15, -0.1) is 0 Å². The Kier molecular flexibility index (Phi) is 4.81. The standard InChI is InChI=1S/C13H22N2O3S/c1-5-18-12-7-6-11(8-10(12)9-14)15-19(16,17)13(2,3)4/h6-8,15H,5,9,14H2,1-4H3. The van der Waals surface area contributed by atoms with E-state index in [4.69, 9.17) is 10.5 Å². The summed E-state index contributed by atoms with van der Waals surface area (Å²) in [7, 11) is -3.43. The van der Waals surface area contributed by atoms with Crippen molar-refractivity contribution < 1.29 is 13.2 Å². The molecule has 0 radical (unpaired) electrons. The van der Waals surface area contributed by atoms with Crippen molar-refractivity contribution >= 4 is 15.7 Å². The number of nitrogens with two attached hydrogens (primary N) is 1. The molecule has 6 heteroatoms. The van der Waals surface area contributed by atoms with Gasteiger partial charge in [0, 0.05) is 17.8 Å². The van der Waals surface area contributed by atoms with Crippen LogP contribution in [0.3, 0.4) is 0 Å². The Morgan fingerprint density at radius 2 is 1.95 bits per heavy atom. The first-order valence-corrected chi connectivity index (χ1v) is 7.67. The summed E-state index contributed by atoms with van der Waals surface area (Å²) in [6.45, 7) is 7.66. The Morgan fingerprint density at radius 1 is 1.32 bits per heavy atom. The highest BCUT2D eigenvalue weighted by Crippen LogP contribution is 2.25. The molecule has 0 fully saturated rings. The molecule has 0 aliphatic carbocycles. The van der Waals surface area contributed by atoms with E-state index in [1.165, 1.54) is 0 Å². The van der Waals surface area contributed by atoms with Crippen molar-refractivity contribution in [2.75, 3.05) is 11.3 Å². The first-order chi connectivity index (χ1) is 8.71. The van der Waals surface area contributed by atoms with Crippen molar-refractivity contribution in [3.05, 3.63) is 23.8 Å². The number of anilines is 1. The van der Waals surface area contributed by atoms with E-state index >= 15 is 0 Å². The largest absolute Gasteiger partial charge is 0.494 e. The van der Waals surface area contributed by atoms with Crippen molar-refractivity contribution in [1.29, 1.82) is 0 Å². The van der Waals surface area contributed by atoms with Gasteiger partial charge in [-0.2, -0.15) is 0 Å². The maximum Gasteiger partial charge on any atom is 0.237 e. The van der Waals surface area contributed by atoms with Crippen LogP contribution in [0.2, 0.25) is 0 Å². The van der Waals surface area contributed by atoms with Crippen molar-refractivity contribution in [2.45, 2.75) is 39.0 Å². The predicted octanol–water partition coefficient (Wildman–Crippen LogP) is 2.08. The molecule has 1 aromatic carbocycles. The molecule has 0 aromatic heterocycles. The van der Waals surface area contributed by atoms with Gasteiger partial charge in [0.1, 0.15) is 5.75 Å². The minimum Gasteiger partial charge on any atom is -0.494 e. The number of sulfonamides is 1. The van der Waals surface area contributed by atoms with Gasteiger partial charge in [0.25, 0.3) is 0 Å². The van der Waals surface area contributed by atoms with Crippen LogP contribution >= 0.6 is 0 Å². The molecule has 0 aliphatic heterocycles. The van der Waals surface area contributed by atoms with Gasteiger partial charge in [0.05, 0.1) is 11.4 Å². The van der Waals surface area contributed by atoms with E-state index in [1.54, 1.807) is 39.0 Å². The molecule has 0 bridgehead atoms. The molecule has 0 unspecified atom stereocenters. The molecule has 5 nitrogen and oxygen atoms in total. The van der Waals surface area contributed by atoms with Crippen molar-refractivity contribution in [3.8, 4) is 5.75 Å². The first-order valence-electron chi connectivity index (χ1n) is 6.19. The molecular formula is C13H22N2O3S. The Morgan fingerprint density at radius 3 is 2.42 bits per heavy atom. The molecule has 0 amide bonds. The maximum absolute atomic E-state index is 12.1. The van der Waals surface area contributed by atoms with Crippen molar-refractivity contribution in [3.63, 3.8) is 0 Å². The van der Waals surface area contributed by atoms with E-state index in [9.17, 15) is 8.42 Å². The summed E-state index contributed by atoms with van der Waals surface area (Å²) in [6, 6.07) is 5.11. The highest BCUT2D eigenvalue weighted by molar-refractivity contribution is 7.94. The Hall–Kier alpha value is -1.27. The van der Waals surface area contributed by atoms with Crippen molar-refractivity contribution in [2.24, 2.45) is 5.73 Å². The maximum atomic E-state index is 12.1. The Balaban J connectivity index is 3.05. The van der Waals surface area contributed by atoms with Gasteiger partial charge in [0.15, 0.2) is 0 Å². The van der Waals surface area contributed by atoms with Crippen LogP contribution in [-0.4, -0.2) is 19.8 Å². The summed E-state index contributed by atoms with van der Waals surface area (Å²) in [5.41, 5.74) is 6.92. The zero-order chi connectivity index (χ0) is 14.7. The first kappa shape index (κ1) is 15.8. The lowest BCUT2D eigenvalue weighted by molar-refractivity contribution is 0.336. The van der Waals surface area contributed by atoms with Gasteiger partial charge in [-0.05, 0) is 45.9 Å². The summed E-state index contributed by atoms with van der Waals surface area (Å²) in [6.07, 6.45) is 0. The summed E-state index contributed by atoms with van der Waals surface area (Å²) in [5.74, 6) is 0.684. The van der Waals surface area contributed by atoms with Crippen LogP contribution in [0.25, 0.3) is 0 Å². The van der Waals surface area contributed by atoms with E-state index in [-0.39, 0.29) is 0 Å². The van der Waals surface area contributed by atoms with Gasteiger partial charge < -0.3 is 10.5 Å². The van der Waals surface area contributed by atoms with Crippen LogP contribution in [0.4, 0.5) is 5.69 Å². The summed E-state index contributed by atoms with van der Waals surface area (Å²) >= 11 is 0. The molecule has 19 heavy (non-hydrogen) atoms. The fourth-order valence-electron chi connectivity index (χ4n) is 1.41. The Labute approximate surface area is 115 Å². The molecular weight excluding hydrogens is 264 g/mol. The van der Waals surface area contributed by atoms with Gasteiger partial charge in [-0.25, -0.2) is 8.42 Å². The molecule has 0 saturated carbocycles. The van der Waals surface area contributed by atoms with E-state index in [1.807, 2.05) is 6.92 Å². The third-order valence-electron chi connectivity index (χ3n) is 2.64. The fraction of sp³-hybridized carbons (Fsp3) is 0.538. The highest BCUT2D eigenvalue weighted by atomic mass is 32.2. The zero-order valence-electron chi connectivity index (χ0n) is 11.9. The molecule has 0 heterocycles. The monoisotopic (exact) mass is 286 g/mol. The van der Waals surface area contributed by atoms with E-state index in [2.05, 4.69) is 4.72 Å². The van der Waals surface area contributed by atoms with Crippen LogP contribution in [-0.2, 0) is 16.6 Å². The fourth-order valence-corrected chi connectivity index (χ4v) is 2.15. The number of benzene rings is 1. The summed E-state index contributed by atoms with van der Waals surface area (Å²) in [4.78, 5) is 0. The number of rotatable bonds is 5. The van der Waals surface area contributed by atoms with Crippen LogP contribution in [0, 0.1) is 0 Å². The quantitative estimate of drug-likeness (QED) is 0.868. The molecule has 0 spiro atoms. The summed E-state index contributed by atoms with van der Waals surface area (Å²) < 4.78 is 31.2. The Bertz CT molecular complexity index is 533. The molecule has 0 aliphatic rings. The topological polar surface area (TPSA) is 81.4 Å². The van der Waals surface area contributed by atoms with Crippen LogP contribution in [0.15, 0.2) is 18.2 Å². The smallest absolute Gasteiger partial charge is 0.237 e. The number of hydrogen-bond donors (Lipinski definition) is 2. The van der Waals surface area contributed by atoms with Gasteiger partial charge in [0.2, 0.25) is 10.0 Å². The van der Waals surface area contributed by atoms with Gasteiger partial charge in [-0.1, -0.05) is 0 Å². The molecule has 108 valence electrons. The van der Waals surface area contributed by atoms with Crippen LogP contribution < -0.4 is 15.2 Å². The third kappa shape index (κ3) is 3.84. The lowest BCUT2D eigenvalue weighted by Gasteiger charge is -2.21. The molecule has 1 aromatic rings. The predicted molar refractivity (Wildman–Crippen MR) is 77.8 cm³/mol. The average molecular weight is 286 g/mol. The average Bonchev–Trinajstić information content (AvgIpc) is 2.29. The second-order valence-corrected chi connectivity index (χ2v) is 7.61. The van der Waals surface area contributed by atoms with Crippen LogP contribution in [0.1, 0.15) is 33.3 Å². The minimum absolute atomic E-state index is 0.292. The van der Waals surface area contributed by atoms with Crippen LogP contribution in [0.5, 0.6) is 5.75 Å². The van der Waals surface area contributed by atoms with Gasteiger partial charge in [-0.3, -0.25) is 4.72 Å². The zero-order valence-corrected chi connectivity index (χ0v) is 12.7. The van der Waals surface area contributed by atoms with E-state index < -0.39 is 14.8 Å². The molecule has 0 saturated heterocycles. The normalized spacial score (nSPS) is 12.3. The lowest BCUT2D eigenvalue weighted by atomic mass is 10.2. The SMILES string of the molecule is CCOc1ccc(NS(=O)(=O)C(C)(C)C)cc1CN. The second-order valence-electron chi connectivity index (χ2n) is 5.18. The number of nitrogens with one attached hydrogen (secondary N) is 1. The second kappa shape index (κ2) is 5.79. The highest BCUT2D eigenvalue weighted by Gasteiger charge is 2.28.